The molecule has 0 saturated heterocycles. The molecular weight excluding hydrogens is 285 g/mol. The highest BCUT2D eigenvalue weighted by Gasteiger charge is 2.05. The summed E-state index contributed by atoms with van der Waals surface area (Å²) in [6, 6.07) is 6.69. The Morgan fingerprint density at radius 3 is 2.74 bits per heavy atom. The maximum atomic E-state index is 11.9. The van der Waals surface area contributed by atoms with Crippen LogP contribution in [0.25, 0.3) is 0 Å². The smallest absolute Gasteiger partial charge is 0.269 e. The molecule has 0 unspecified atom stereocenters. The van der Waals surface area contributed by atoms with E-state index in [1.165, 1.54) is 10.7 Å². The molecule has 1 N–H and O–H groups in total. The van der Waals surface area contributed by atoms with Crippen LogP contribution in [0, 0.1) is 0 Å². The van der Waals surface area contributed by atoms with Gasteiger partial charge in [-0.1, -0.05) is 29.3 Å². The van der Waals surface area contributed by atoms with Crippen molar-refractivity contribution in [2.45, 2.75) is 13.5 Å². The molecule has 4 nitrogen and oxygen atoms in total. The van der Waals surface area contributed by atoms with E-state index in [4.69, 9.17) is 23.2 Å². The minimum atomic E-state index is -0.176. The Balaban J connectivity index is 2.26. The van der Waals surface area contributed by atoms with Crippen molar-refractivity contribution in [3.63, 3.8) is 0 Å². The van der Waals surface area contributed by atoms with Crippen LogP contribution < -0.4 is 10.9 Å². The molecule has 2 rings (SSSR count). The molecule has 100 valence electrons. The van der Waals surface area contributed by atoms with Crippen molar-refractivity contribution < 1.29 is 0 Å². The molecule has 0 aliphatic heterocycles. The van der Waals surface area contributed by atoms with Gasteiger partial charge in [0.1, 0.15) is 0 Å². The minimum absolute atomic E-state index is 0.176. The van der Waals surface area contributed by atoms with Crippen LogP contribution in [-0.2, 0) is 6.54 Å². The lowest BCUT2D eigenvalue weighted by Gasteiger charge is -2.08. The SMILES string of the molecule is CCNc1cnn(Cc2ccc(Cl)cc2Cl)c(=O)c1. The molecule has 1 heterocycles. The van der Waals surface area contributed by atoms with Gasteiger partial charge in [0.15, 0.2) is 0 Å². The van der Waals surface area contributed by atoms with Crippen LogP contribution in [0.3, 0.4) is 0 Å². The molecule has 0 atom stereocenters. The lowest BCUT2D eigenvalue weighted by atomic mass is 10.2. The second-order valence-electron chi connectivity index (χ2n) is 4.01. The zero-order valence-corrected chi connectivity index (χ0v) is 11.9. The maximum Gasteiger partial charge on any atom is 0.269 e. The predicted octanol–water partition coefficient (Wildman–Crippen LogP) is 3.03. The number of aromatic nitrogens is 2. The summed E-state index contributed by atoms with van der Waals surface area (Å²) in [7, 11) is 0. The molecule has 2 aromatic rings. The number of rotatable bonds is 4. The van der Waals surface area contributed by atoms with Gasteiger partial charge < -0.3 is 5.32 Å². The maximum absolute atomic E-state index is 11.9. The van der Waals surface area contributed by atoms with Crippen LogP contribution in [0.5, 0.6) is 0 Å². The van der Waals surface area contributed by atoms with Crippen molar-refractivity contribution >= 4 is 28.9 Å². The summed E-state index contributed by atoms with van der Waals surface area (Å²) < 4.78 is 1.36. The van der Waals surface area contributed by atoms with Crippen molar-refractivity contribution in [3.8, 4) is 0 Å². The number of hydrogen-bond acceptors (Lipinski definition) is 3. The number of halogens is 2. The highest BCUT2D eigenvalue weighted by Crippen LogP contribution is 2.21. The van der Waals surface area contributed by atoms with Crippen LogP contribution >= 0.6 is 23.2 Å². The van der Waals surface area contributed by atoms with Gasteiger partial charge in [-0.25, -0.2) is 4.68 Å². The van der Waals surface area contributed by atoms with Crippen molar-refractivity contribution in [2.24, 2.45) is 0 Å². The molecule has 0 saturated carbocycles. The predicted molar refractivity (Wildman–Crippen MR) is 78.2 cm³/mol. The van der Waals surface area contributed by atoms with E-state index in [9.17, 15) is 4.79 Å². The fraction of sp³-hybridized carbons (Fsp3) is 0.231. The van der Waals surface area contributed by atoms with Gasteiger partial charge >= 0.3 is 0 Å². The van der Waals surface area contributed by atoms with E-state index in [2.05, 4.69) is 10.4 Å². The third kappa shape index (κ3) is 3.49. The Kier molecular flexibility index (Phi) is 4.45. The zero-order valence-electron chi connectivity index (χ0n) is 10.4. The molecule has 1 aromatic carbocycles. The first-order valence-corrected chi connectivity index (χ1v) is 6.60. The summed E-state index contributed by atoms with van der Waals surface area (Å²) in [6.45, 7) is 3.02. The number of hydrogen-bond donors (Lipinski definition) is 1. The van der Waals surface area contributed by atoms with E-state index in [0.29, 0.717) is 22.3 Å². The second-order valence-corrected chi connectivity index (χ2v) is 4.85. The van der Waals surface area contributed by atoms with Gasteiger partial charge in [0.2, 0.25) is 0 Å². The average molecular weight is 298 g/mol. The normalized spacial score (nSPS) is 10.5. The van der Waals surface area contributed by atoms with Crippen molar-refractivity contribution in [1.82, 2.24) is 9.78 Å². The fourth-order valence-electron chi connectivity index (χ4n) is 1.66. The first-order valence-electron chi connectivity index (χ1n) is 5.85. The lowest BCUT2D eigenvalue weighted by Crippen LogP contribution is -2.23. The fourth-order valence-corrected chi connectivity index (χ4v) is 2.13. The molecule has 0 radical (unpaired) electrons. The Bertz CT molecular complexity index is 640. The number of anilines is 1. The first-order chi connectivity index (χ1) is 9.10. The molecule has 19 heavy (non-hydrogen) atoms. The van der Waals surface area contributed by atoms with Crippen molar-refractivity contribution in [1.29, 1.82) is 0 Å². The summed E-state index contributed by atoms with van der Waals surface area (Å²) in [4.78, 5) is 11.9. The summed E-state index contributed by atoms with van der Waals surface area (Å²) >= 11 is 11.9. The molecule has 6 heteroatoms. The van der Waals surface area contributed by atoms with Crippen LogP contribution in [0.4, 0.5) is 5.69 Å². The van der Waals surface area contributed by atoms with Gasteiger partial charge in [0.05, 0.1) is 18.4 Å². The lowest BCUT2D eigenvalue weighted by molar-refractivity contribution is 0.640. The van der Waals surface area contributed by atoms with E-state index in [1.54, 1.807) is 24.4 Å². The summed E-state index contributed by atoms with van der Waals surface area (Å²) in [5.74, 6) is 0. The molecule has 0 fully saturated rings. The molecule has 0 aliphatic rings. The highest BCUT2D eigenvalue weighted by atomic mass is 35.5. The molecule has 0 aliphatic carbocycles. The van der Waals surface area contributed by atoms with Gasteiger partial charge in [-0.05, 0) is 24.6 Å². The van der Waals surface area contributed by atoms with E-state index >= 15 is 0 Å². The van der Waals surface area contributed by atoms with Crippen LogP contribution in [0.1, 0.15) is 12.5 Å². The second kappa shape index (κ2) is 6.08. The average Bonchev–Trinajstić information content (AvgIpc) is 2.36. The van der Waals surface area contributed by atoms with Crippen LogP contribution in [0.2, 0.25) is 10.0 Å². The Hall–Kier alpha value is -1.52. The van der Waals surface area contributed by atoms with E-state index in [-0.39, 0.29) is 5.56 Å². The highest BCUT2D eigenvalue weighted by molar-refractivity contribution is 6.35. The van der Waals surface area contributed by atoms with Gasteiger partial charge in [0.25, 0.3) is 5.56 Å². The van der Waals surface area contributed by atoms with Gasteiger partial charge in [-0.15, -0.1) is 0 Å². The van der Waals surface area contributed by atoms with Crippen molar-refractivity contribution in [2.75, 3.05) is 11.9 Å². The molecule has 0 amide bonds. The molecule has 0 bridgehead atoms. The monoisotopic (exact) mass is 297 g/mol. The van der Waals surface area contributed by atoms with Gasteiger partial charge in [-0.3, -0.25) is 4.79 Å². The topological polar surface area (TPSA) is 46.9 Å². The molecule has 0 spiro atoms. The van der Waals surface area contributed by atoms with Gasteiger partial charge in [0, 0.05) is 22.7 Å². The Labute approximate surface area is 121 Å². The van der Waals surface area contributed by atoms with E-state index < -0.39 is 0 Å². The number of benzene rings is 1. The third-order valence-corrected chi connectivity index (χ3v) is 3.17. The van der Waals surface area contributed by atoms with Crippen LogP contribution in [0.15, 0.2) is 35.3 Å². The number of nitrogens with one attached hydrogen (secondary N) is 1. The molecular formula is C13H13Cl2N3O. The minimum Gasteiger partial charge on any atom is -0.384 e. The largest absolute Gasteiger partial charge is 0.384 e. The third-order valence-electron chi connectivity index (χ3n) is 2.59. The quantitative estimate of drug-likeness (QED) is 0.943. The summed E-state index contributed by atoms with van der Waals surface area (Å²) in [6.07, 6.45) is 1.62. The van der Waals surface area contributed by atoms with E-state index in [1.807, 2.05) is 6.92 Å². The number of nitrogens with zero attached hydrogens (tertiary/aromatic N) is 2. The summed E-state index contributed by atoms with van der Waals surface area (Å²) in [5, 5.41) is 8.24. The standard InChI is InChI=1S/C13H13Cl2N3O/c1-2-16-11-6-13(19)18(17-7-11)8-9-3-4-10(14)5-12(9)15/h3-7,16H,2,8H2,1H3. The van der Waals surface area contributed by atoms with Gasteiger partial charge in [-0.2, -0.15) is 5.10 Å². The Morgan fingerprint density at radius 1 is 1.32 bits per heavy atom. The zero-order chi connectivity index (χ0) is 13.8. The van der Waals surface area contributed by atoms with Crippen molar-refractivity contribution in [3.05, 3.63) is 56.4 Å². The first kappa shape index (κ1) is 13.9. The summed E-state index contributed by atoms with van der Waals surface area (Å²) in [5.41, 5.74) is 1.34. The van der Waals surface area contributed by atoms with Crippen LogP contribution in [-0.4, -0.2) is 16.3 Å². The molecule has 1 aromatic heterocycles. The Morgan fingerprint density at radius 2 is 2.11 bits per heavy atom. The van der Waals surface area contributed by atoms with E-state index in [0.717, 1.165) is 12.1 Å².